The third kappa shape index (κ3) is 3.70. The van der Waals surface area contributed by atoms with Crippen LogP contribution in [0, 0.1) is 0 Å². The van der Waals surface area contributed by atoms with Crippen molar-refractivity contribution in [1.82, 2.24) is 14.7 Å². The average Bonchev–Trinajstić information content (AvgIpc) is 3.18. The normalized spacial score (nSPS) is 19.6. The van der Waals surface area contributed by atoms with E-state index >= 15 is 0 Å². The monoisotopic (exact) mass is 355 g/mol. The molecule has 136 valence electrons. The SMILES string of the molecule is O=C1Cc2cc(NC(=O)N3CCCO[C@H](Cn4cccn4)C3)ccc2N1. The lowest BCUT2D eigenvalue weighted by atomic mass is 10.1. The summed E-state index contributed by atoms with van der Waals surface area (Å²) in [4.78, 5) is 25.9. The number of carbonyl (C=O) groups is 2. The summed E-state index contributed by atoms with van der Waals surface area (Å²) in [5, 5.41) is 9.92. The summed E-state index contributed by atoms with van der Waals surface area (Å²) in [6.45, 7) is 2.40. The Morgan fingerprint density at radius 1 is 1.42 bits per heavy atom. The quantitative estimate of drug-likeness (QED) is 0.877. The van der Waals surface area contributed by atoms with Crippen LogP contribution in [0.2, 0.25) is 0 Å². The molecular weight excluding hydrogens is 334 g/mol. The van der Waals surface area contributed by atoms with Gasteiger partial charge in [-0.15, -0.1) is 0 Å². The molecule has 4 rings (SSSR count). The van der Waals surface area contributed by atoms with E-state index in [0.29, 0.717) is 38.3 Å². The van der Waals surface area contributed by atoms with Gasteiger partial charge in [0, 0.05) is 36.9 Å². The molecule has 8 nitrogen and oxygen atoms in total. The van der Waals surface area contributed by atoms with Crippen molar-refractivity contribution in [2.45, 2.75) is 25.5 Å². The Bertz CT molecular complexity index is 805. The first-order valence-electron chi connectivity index (χ1n) is 8.75. The van der Waals surface area contributed by atoms with E-state index in [1.54, 1.807) is 17.2 Å². The maximum Gasteiger partial charge on any atom is 0.321 e. The summed E-state index contributed by atoms with van der Waals surface area (Å²) in [5.74, 6) is -0.0189. The molecule has 3 heterocycles. The fourth-order valence-electron chi connectivity index (χ4n) is 3.32. The molecule has 26 heavy (non-hydrogen) atoms. The van der Waals surface area contributed by atoms with Gasteiger partial charge in [0.1, 0.15) is 0 Å². The van der Waals surface area contributed by atoms with Gasteiger partial charge in [-0.2, -0.15) is 5.10 Å². The van der Waals surface area contributed by atoms with Gasteiger partial charge in [-0.25, -0.2) is 4.79 Å². The van der Waals surface area contributed by atoms with Gasteiger partial charge in [0.25, 0.3) is 0 Å². The van der Waals surface area contributed by atoms with Crippen molar-refractivity contribution in [3.8, 4) is 0 Å². The number of carbonyl (C=O) groups excluding carboxylic acids is 2. The van der Waals surface area contributed by atoms with Crippen LogP contribution in [0.3, 0.4) is 0 Å². The Balaban J connectivity index is 1.40. The Kier molecular flexibility index (Phi) is 4.57. The zero-order chi connectivity index (χ0) is 17.9. The van der Waals surface area contributed by atoms with Crippen molar-refractivity contribution in [1.29, 1.82) is 0 Å². The number of fused-ring (bicyclic) bond motifs is 1. The van der Waals surface area contributed by atoms with E-state index in [1.807, 2.05) is 29.1 Å². The van der Waals surface area contributed by atoms with Crippen LogP contribution in [0.5, 0.6) is 0 Å². The number of nitrogens with zero attached hydrogens (tertiary/aromatic N) is 3. The van der Waals surface area contributed by atoms with Crippen LogP contribution < -0.4 is 10.6 Å². The number of benzene rings is 1. The second kappa shape index (κ2) is 7.17. The zero-order valence-electron chi connectivity index (χ0n) is 14.4. The number of hydrogen-bond donors (Lipinski definition) is 2. The van der Waals surface area contributed by atoms with Gasteiger partial charge < -0.3 is 20.3 Å². The fraction of sp³-hybridized carbons (Fsp3) is 0.389. The van der Waals surface area contributed by atoms with Crippen molar-refractivity contribution in [3.63, 3.8) is 0 Å². The van der Waals surface area contributed by atoms with Crippen LogP contribution in [-0.2, 0) is 22.5 Å². The minimum absolute atomic E-state index is 0.0189. The lowest BCUT2D eigenvalue weighted by Crippen LogP contribution is -2.41. The van der Waals surface area contributed by atoms with E-state index in [9.17, 15) is 9.59 Å². The Labute approximate surface area is 151 Å². The summed E-state index contributed by atoms with van der Waals surface area (Å²) in [7, 11) is 0. The molecule has 0 unspecified atom stereocenters. The molecule has 1 atom stereocenters. The first kappa shape index (κ1) is 16.6. The van der Waals surface area contributed by atoms with Gasteiger partial charge in [-0.1, -0.05) is 0 Å². The van der Waals surface area contributed by atoms with Crippen molar-refractivity contribution in [2.24, 2.45) is 0 Å². The number of rotatable bonds is 3. The number of anilines is 2. The summed E-state index contributed by atoms with van der Waals surface area (Å²) < 4.78 is 7.67. The van der Waals surface area contributed by atoms with E-state index in [0.717, 1.165) is 17.7 Å². The molecule has 1 aromatic heterocycles. The van der Waals surface area contributed by atoms with Crippen LogP contribution in [-0.4, -0.2) is 52.4 Å². The van der Waals surface area contributed by atoms with E-state index in [4.69, 9.17) is 4.74 Å². The summed E-state index contributed by atoms with van der Waals surface area (Å²) in [6.07, 6.45) is 4.67. The molecule has 2 aliphatic heterocycles. The summed E-state index contributed by atoms with van der Waals surface area (Å²) in [6, 6.07) is 7.19. The highest BCUT2D eigenvalue weighted by atomic mass is 16.5. The average molecular weight is 355 g/mol. The molecule has 3 amide bonds. The van der Waals surface area contributed by atoms with Gasteiger partial charge in [0.15, 0.2) is 0 Å². The summed E-state index contributed by atoms with van der Waals surface area (Å²) >= 11 is 0. The van der Waals surface area contributed by atoms with Crippen LogP contribution in [0.25, 0.3) is 0 Å². The second-order valence-corrected chi connectivity index (χ2v) is 6.55. The van der Waals surface area contributed by atoms with Gasteiger partial charge in [-0.3, -0.25) is 9.48 Å². The topological polar surface area (TPSA) is 88.5 Å². The number of nitrogens with one attached hydrogen (secondary N) is 2. The van der Waals surface area contributed by atoms with Crippen LogP contribution in [0.4, 0.5) is 16.2 Å². The smallest absolute Gasteiger partial charge is 0.321 e. The number of aromatic nitrogens is 2. The predicted octanol–water partition coefficient (Wildman–Crippen LogP) is 1.70. The van der Waals surface area contributed by atoms with Gasteiger partial charge in [0.05, 0.1) is 25.6 Å². The molecule has 0 bridgehead atoms. The van der Waals surface area contributed by atoms with Crippen molar-refractivity contribution in [2.75, 3.05) is 30.3 Å². The Morgan fingerprint density at radius 2 is 2.35 bits per heavy atom. The van der Waals surface area contributed by atoms with E-state index < -0.39 is 0 Å². The van der Waals surface area contributed by atoms with Crippen molar-refractivity contribution in [3.05, 3.63) is 42.2 Å². The maximum absolute atomic E-state index is 12.7. The largest absolute Gasteiger partial charge is 0.374 e. The molecule has 1 aromatic carbocycles. The second-order valence-electron chi connectivity index (χ2n) is 6.55. The first-order chi connectivity index (χ1) is 12.7. The maximum atomic E-state index is 12.7. The zero-order valence-corrected chi connectivity index (χ0v) is 14.4. The van der Waals surface area contributed by atoms with E-state index in [2.05, 4.69) is 15.7 Å². The van der Waals surface area contributed by atoms with Gasteiger partial charge in [-0.05, 0) is 36.2 Å². The third-order valence-electron chi connectivity index (χ3n) is 4.57. The lowest BCUT2D eigenvalue weighted by molar-refractivity contribution is -0.115. The molecule has 2 N–H and O–H groups in total. The molecule has 8 heteroatoms. The highest BCUT2D eigenvalue weighted by molar-refractivity contribution is 6.00. The highest BCUT2D eigenvalue weighted by Gasteiger charge is 2.24. The molecule has 1 saturated heterocycles. The standard InChI is InChI=1S/C18H21N5O3/c24-17-10-13-9-14(3-4-16(13)21-17)20-18(25)22-6-2-8-26-15(11-22)12-23-7-1-5-19-23/h1,3-5,7,9,15H,2,6,8,10-12H2,(H,20,25)(H,21,24)/t15-/m0/s1. The molecule has 2 aliphatic rings. The van der Waals surface area contributed by atoms with Crippen LogP contribution in [0.15, 0.2) is 36.7 Å². The minimum Gasteiger partial charge on any atom is -0.374 e. The number of urea groups is 1. The Hall–Kier alpha value is -2.87. The molecule has 1 fully saturated rings. The third-order valence-corrected chi connectivity index (χ3v) is 4.57. The molecule has 0 spiro atoms. The first-order valence-corrected chi connectivity index (χ1v) is 8.75. The van der Waals surface area contributed by atoms with Crippen LogP contribution >= 0.6 is 0 Å². The molecule has 0 aliphatic carbocycles. The van der Waals surface area contributed by atoms with E-state index in [-0.39, 0.29) is 18.0 Å². The minimum atomic E-state index is -0.154. The fourth-order valence-corrected chi connectivity index (χ4v) is 3.32. The Morgan fingerprint density at radius 3 is 3.19 bits per heavy atom. The lowest BCUT2D eigenvalue weighted by Gasteiger charge is -2.24. The van der Waals surface area contributed by atoms with Crippen molar-refractivity contribution < 1.29 is 14.3 Å². The molecule has 0 saturated carbocycles. The molecule has 2 aromatic rings. The summed E-state index contributed by atoms with van der Waals surface area (Å²) in [5.41, 5.74) is 2.41. The number of ether oxygens (including phenoxy) is 1. The highest BCUT2D eigenvalue weighted by Crippen LogP contribution is 2.26. The predicted molar refractivity (Wildman–Crippen MR) is 96.0 cm³/mol. The number of amides is 3. The molecule has 0 radical (unpaired) electrons. The van der Waals surface area contributed by atoms with Gasteiger partial charge in [0.2, 0.25) is 5.91 Å². The number of hydrogen-bond acceptors (Lipinski definition) is 4. The van der Waals surface area contributed by atoms with Crippen molar-refractivity contribution >= 4 is 23.3 Å². The van der Waals surface area contributed by atoms with Gasteiger partial charge >= 0.3 is 6.03 Å². The van der Waals surface area contributed by atoms with E-state index in [1.165, 1.54) is 0 Å². The molecular formula is C18H21N5O3. The van der Waals surface area contributed by atoms with Crippen LogP contribution in [0.1, 0.15) is 12.0 Å².